The van der Waals surface area contributed by atoms with E-state index in [2.05, 4.69) is 11.8 Å². The Hall–Kier alpha value is -1.07. The Morgan fingerprint density at radius 2 is 2.35 bits per heavy atom. The van der Waals surface area contributed by atoms with E-state index in [4.69, 9.17) is 4.18 Å². The molecule has 4 nitrogen and oxygen atoms in total. The molecule has 1 unspecified atom stereocenters. The first kappa shape index (κ1) is 12.4. The van der Waals surface area contributed by atoms with Crippen molar-refractivity contribution < 1.29 is 12.9 Å². The monoisotopic (exact) mass is 254 g/mol. The summed E-state index contributed by atoms with van der Waals surface area (Å²) in [6.45, 7) is 4.17. The van der Waals surface area contributed by atoms with Crippen molar-refractivity contribution in [1.29, 1.82) is 0 Å². The summed E-state index contributed by atoms with van der Waals surface area (Å²) in [5.74, 6) is 0.389. The molecule has 0 N–H and O–H groups in total. The SMILES string of the molecule is CCCN1CCCc2ccc(OS(=O)[O-])cc21. The Morgan fingerprint density at radius 3 is 3.06 bits per heavy atom. The van der Waals surface area contributed by atoms with Crippen LogP contribution in [0.15, 0.2) is 18.2 Å². The molecular formula is C12H16NO3S-. The fraction of sp³-hybridized carbons (Fsp3) is 0.500. The molecule has 1 aliphatic rings. The van der Waals surface area contributed by atoms with E-state index in [1.165, 1.54) is 5.56 Å². The van der Waals surface area contributed by atoms with Crippen molar-refractivity contribution in [3.8, 4) is 5.75 Å². The second-order valence-electron chi connectivity index (χ2n) is 4.17. The zero-order chi connectivity index (χ0) is 12.3. The minimum absolute atomic E-state index is 0.389. The third-order valence-corrected chi connectivity index (χ3v) is 3.26. The van der Waals surface area contributed by atoms with Crippen molar-refractivity contribution in [1.82, 2.24) is 0 Å². The predicted molar refractivity (Wildman–Crippen MR) is 66.8 cm³/mol. The highest BCUT2D eigenvalue weighted by Crippen LogP contribution is 2.31. The second kappa shape index (κ2) is 5.51. The number of fused-ring (bicyclic) bond motifs is 1. The topological polar surface area (TPSA) is 52.6 Å². The van der Waals surface area contributed by atoms with E-state index in [-0.39, 0.29) is 0 Å². The zero-order valence-electron chi connectivity index (χ0n) is 9.85. The summed E-state index contributed by atoms with van der Waals surface area (Å²) in [5, 5.41) is 0. The number of hydrogen-bond acceptors (Lipinski definition) is 4. The first-order valence-corrected chi connectivity index (χ1v) is 6.86. The smallest absolute Gasteiger partial charge is 0.141 e. The highest BCUT2D eigenvalue weighted by Gasteiger charge is 2.16. The molecule has 0 spiro atoms. The molecule has 0 amide bonds. The first-order chi connectivity index (χ1) is 8.20. The van der Waals surface area contributed by atoms with E-state index < -0.39 is 11.4 Å². The summed E-state index contributed by atoms with van der Waals surface area (Å²) < 4.78 is 25.7. The van der Waals surface area contributed by atoms with Crippen LogP contribution in [0.1, 0.15) is 25.3 Å². The summed E-state index contributed by atoms with van der Waals surface area (Å²) in [4.78, 5) is 2.29. The van der Waals surface area contributed by atoms with Gasteiger partial charge in [0.2, 0.25) is 0 Å². The summed E-state index contributed by atoms with van der Waals surface area (Å²) in [6, 6.07) is 5.49. The molecule has 5 heteroatoms. The third kappa shape index (κ3) is 2.98. The molecule has 0 saturated heterocycles. The second-order valence-corrected chi connectivity index (χ2v) is 4.74. The van der Waals surface area contributed by atoms with Crippen LogP contribution >= 0.6 is 0 Å². The van der Waals surface area contributed by atoms with Gasteiger partial charge in [-0.1, -0.05) is 13.0 Å². The van der Waals surface area contributed by atoms with Crippen molar-refractivity contribution in [3.63, 3.8) is 0 Å². The summed E-state index contributed by atoms with van der Waals surface area (Å²) in [7, 11) is 0. The van der Waals surface area contributed by atoms with Gasteiger partial charge in [-0.3, -0.25) is 0 Å². The average molecular weight is 254 g/mol. The van der Waals surface area contributed by atoms with Crippen LogP contribution in [-0.4, -0.2) is 21.9 Å². The number of benzene rings is 1. The normalized spacial score (nSPS) is 16.5. The standard InChI is InChI=1S/C12H17NO3S/c1-2-7-13-8-3-4-10-5-6-11(9-12(10)13)16-17(14)15/h5-6,9H,2-4,7-8H2,1H3,(H,14,15)/p-1. The van der Waals surface area contributed by atoms with Crippen LogP contribution in [0.3, 0.4) is 0 Å². The van der Waals surface area contributed by atoms with Crippen LogP contribution in [0.2, 0.25) is 0 Å². The van der Waals surface area contributed by atoms with E-state index in [0.717, 1.165) is 38.0 Å². The van der Waals surface area contributed by atoms with E-state index in [9.17, 15) is 8.76 Å². The quantitative estimate of drug-likeness (QED) is 0.771. The minimum atomic E-state index is -2.50. The Balaban J connectivity index is 2.26. The molecule has 1 heterocycles. The molecule has 1 aromatic rings. The summed E-state index contributed by atoms with van der Waals surface area (Å²) in [6.07, 6.45) is 3.29. The van der Waals surface area contributed by atoms with Gasteiger partial charge in [-0.25, -0.2) is 4.21 Å². The van der Waals surface area contributed by atoms with Crippen molar-refractivity contribution in [3.05, 3.63) is 23.8 Å². The van der Waals surface area contributed by atoms with Gasteiger partial charge in [-0.05, 0) is 30.9 Å². The van der Waals surface area contributed by atoms with Gasteiger partial charge in [-0.2, -0.15) is 0 Å². The number of aryl methyl sites for hydroxylation is 1. The summed E-state index contributed by atoms with van der Waals surface area (Å²) >= 11 is -2.50. The molecule has 0 aromatic heterocycles. The Kier molecular flexibility index (Phi) is 4.02. The number of hydrogen-bond donors (Lipinski definition) is 0. The van der Waals surface area contributed by atoms with Crippen LogP contribution in [0, 0.1) is 0 Å². The first-order valence-electron chi connectivity index (χ1n) is 5.86. The van der Waals surface area contributed by atoms with Crippen LogP contribution in [0.5, 0.6) is 5.75 Å². The van der Waals surface area contributed by atoms with E-state index >= 15 is 0 Å². The predicted octanol–water partition coefficient (Wildman–Crippen LogP) is 2.02. The van der Waals surface area contributed by atoms with Gasteiger partial charge >= 0.3 is 0 Å². The fourth-order valence-electron chi connectivity index (χ4n) is 2.26. The lowest BCUT2D eigenvalue weighted by atomic mass is 10.0. The molecule has 0 radical (unpaired) electrons. The average Bonchev–Trinajstić information content (AvgIpc) is 2.29. The molecule has 2 rings (SSSR count). The van der Waals surface area contributed by atoms with Gasteiger partial charge in [0, 0.05) is 24.8 Å². The number of rotatable bonds is 4. The molecule has 1 atom stereocenters. The molecule has 1 aliphatic heterocycles. The molecular weight excluding hydrogens is 238 g/mol. The van der Waals surface area contributed by atoms with Crippen molar-refractivity contribution in [2.24, 2.45) is 0 Å². The minimum Gasteiger partial charge on any atom is -0.740 e. The van der Waals surface area contributed by atoms with Gasteiger partial charge in [0.15, 0.2) is 0 Å². The van der Waals surface area contributed by atoms with E-state index in [0.29, 0.717) is 5.75 Å². The van der Waals surface area contributed by atoms with Gasteiger partial charge in [0.1, 0.15) is 17.1 Å². The maximum Gasteiger partial charge on any atom is 0.141 e. The van der Waals surface area contributed by atoms with Gasteiger partial charge in [-0.15, -0.1) is 0 Å². The van der Waals surface area contributed by atoms with Crippen molar-refractivity contribution >= 4 is 17.0 Å². The fourth-order valence-corrected chi connectivity index (χ4v) is 2.52. The maximum absolute atomic E-state index is 10.5. The molecule has 0 saturated carbocycles. The van der Waals surface area contributed by atoms with Gasteiger partial charge < -0.3 is 13.6 Å². The Labute approximate surface area is 104 Å². The highest BCUT2D eigenvalue weighted by atomic mass is 32.2. The van der Waals surface area contributed by atoms with Crippen LogP contribution in [0.4, 0.5) is 5.69 Å². The molecule has 0 bridgehead atoms. The Morgan fingerprint density at radius 1 is 1.53 bits per heavy atom. The van der Waals surface area contributed by atoms with E-state index in [1.807, 2.05) is 12.1 Å². The summed E-state index contributed by atoms with van der Waals surface area (Å²) in [5.41, 5.74) is 2.38. The largest absolute Gasteiger partial charge is 0.740 e. The molecule has 0 aliphatic carbocycles. The maximum atomic E-state index is 10.5. The molecule has 0 fully saturated rings. The number of anilines is 1. The lowest BCUT2D eigenvalue weighted by Gasteiger charge is -2.31. The zero-order valence-corrected chi connectivity index (χ0v) is 10.7. The highest BCUT2D eigenvalue weighted by molar-refractivity contribution is 7.74. The van der Waals surface area contributed by atoms with Crippen molar-refractivity contribution in [2.75, 3.05) is 18.0 Å². The molecule has 17 heavy (non-hydrogen) atoms. The molecule has 94 valence electrons. The Bertz CT molecular complexity index is 422. The number of nitrogens with zero attached hydrogens (tertiary/aromatic N) is 1. The third-order valence-electron chi connectivity index (χ3n) is 2.93. The van der Waals surface area contributed by atoms with Crippen LogP contribution in [0.25, 0.3) is 0 Å². The van der Waals surface area contributed by atoms with Crippen LogP contribution in [-0.2, 0) is 17.8 Å². The van der Waals surface area contributed by atoms with Gasteiger partial charge in [0.25, 0.3) is 0 Å². The van der Waals surface area contributed by atoms with Gasteiger partial charge in [0.05, 0.1) is 0 Å². The lowest BCUT2D eigenvalue weighted by Crippen LogP contribution is -2.29. The lowest BCUT2D eigenvalue weighted by molar-refractivity contribution is 0.440. The van der Waals surface area contributed by atoms with E-state index in [1.54, 1.807) is 6.07 Å². The van der Waals surface area contributed by atoms with Crippen molar-refractivity contribution in [2.45, 2.75) is 26.2 Å². The van der Waals surface area contributed by atoms with Crippen LogP contribution < -0.4 is 9.08 Å². The molecule has 1 aromatic carbocycles.